The number of nitrogens with zero attached hydrogens (tertiary/aromatic N) is 3. The van der Waals surface area contributed by atoms with Crippen molar-refractivity contribution in [3.63, 3.8) is 0 Å². The number of hydrogen-bond donors (Lipinski definition) is 1. The summed E-state index contributed by atoms with van der Waals surface area (Å²) in [4.78, 5) is 6.26. The topological polar surface area (TPSA) is 85.7 Å². The van der Waals surface area contributed by atoms with Crippen LogP contribution in [0.1, 0.15) is 24.1 Å². The molecule has 1 aliphatic rings. The molecule has 174 valence electrons. The molecule has 0 atom stereocenters. The van der Waals surface area contributed by atoms with E-state index in [2.05, 4.69) is 16.9 Å². The molecule has 0 bridgehead atoms. The number of hydrogen-bond acceptors (Lipinski definition) is 6. The van der Waals surface area contributed by atoms with Crippen LogP contribution in [0.4, 0.5) is 0 Å². The number of imidazole rings is 1. The third kappa shape index (κ3) is 6.30. The van der Waals surface area contributed by atoms with Gasteiger partial charge in [-0.1, -0.05) is 18.2 Å². The van der Waals surface area contributed by atoms with E-state index in [1.165, 1.54) is 0 Å². The van der Waals surface area contributed by atoms with Crippen LogP contribution in [-0.2, 0) is 33.4 Å². The van der Waals surface area contributed by atoms with Crippen LogP contribution < -0.4 is 10.1 Å². The van der Waals surface area contributed by atoms with Crippen molar-refractivity contribution in [2.24, 2.45) is 0 Å². The van der Waals surface area contributed by atoms with Gasteiger partial charge in [0.25, 0.3) is 0 Å². The van der Waals surface area contributed by atoms with Gasteiger partial charge in [0.05, 0.1) is 37.9 Å². The maximum atomic E-state index is 13.3. The zero-order valence-electron chi connectivity index (χ0n) is 18.5. The van der Waals surface area contributed by atoms with E-state index in [1.807, 2.05) is 4.90 Å². The summed E-state index contributed by atoms with van der Waals surface area (Å²) < 4.78 is 38.7. The molecule has 1 fully saturated rings. The van der Waals surface area contributed by atoms with Gasteiger partial charge in [-0.15, -0.1) is 6.58 Å². The average Bonchev–Trinajstić information content (AvgIpc) is 3.48. The highest BCUT2D eigenvalue weighted by Gasteiger charge is 2.27. The first-order valence-corrected chi connectivity index (χ1v) is 12.5. The Morgan fingerprint density at radius 1 is 1.41 bits per heavy atom. The van der Waals surface area contributed by atoms with E-state index in [0.717, 1.165) is 18.5 Å². The second-order valence-corrected chi connectivity index (χ2v) is 9.95. The van der Waals surface area contributed by atoms with Gasteiger partial charge >= 0.3 is 0 Å². The van der Waals surface area contributed by atoms with Crippen LogP contribution in [0.25, 0.3) is 0 Å². The standard InChI is InChI=1S/C22H30N4O4S2/c1-4-10-25(21(31)24-18-8-9-18)15-19-14-23-22(26(19)11-12-29-2)32(27,28)16-17-6-5-7-20(13-17)30-3/h4-7,13-14,18H,1,8-12,15-16H2,2-3H3,(H,24,31). The fourth-order valence-corrected chi connectivity index (χ4v) is 5.11. The van der Waals surface area contributed by atoms with E-state index in [1.54, 1.807) is 55.3 Å². The molecule has 0 radical (unpaired) electrons. The quantitative estimate of drug-likeness (QED) is 0.368. The predicted molar refractivity (Wildman–Crippen MR) is 127 cm³/mol. The molecule has 0 amide bonds. The molecular weight excluding hydrogens is 448 g/mol. The minimum atomic E-state index is -3.70. The van der Waals surface area contributed by atoms with Gasteiger partial charge in [0.2, 0.25) is 15.0 Å². The fraction of sp³-hybridized carbons (Fsp3) is 0.455. The van der Waals surface area contributed by atoms with Crippen molar-refractivity contribution in [2.75, 3.05) is 27.4 Å². The van der Waals surface area contributed by atoms with Crippen molar-refractivity contribution >= 4 is 27.2 Å². The number of methoxy groups -OCH3 is 2. The number of sulfone groups is 1. The highest BCUT2D eigenvalue weighted by molar-refractivity contribution is 7.90. The van der Waals surface area contributed by atoms with Gasteiger partial charge in [0.1, 0.15) is 5.75 Å². The molecule has 10 heteroatoms. The predicted octanol–water partition coefficient (Wildman–Crippen LogP) is 2.54. The van der Waals surface area contributed by atoms with Gasteiger partial charge in [0.15, 0.2) is 5.11 Å². The molecule has 1 saturated carbocycles. The molecule has 0 spiro atoms. The lowest BCUT2D eigenvalue weighted by atomic mass is 10.2. The van der Waals surface area contributed by atoms with Gasteiger partial charge in [-0.2, -0.15) is 0 Å². The smallest absolute Gasteiger partial charge is 0.228 e. The van der Waals surface area contributed by atoms with Crippen LogP contribution in [-0.4, -0.2) is 61.4 Å². The third-order valence-corrected chi connectivity index (χ3v) is 7.06. The minimum absolute atomic E-state index is 0.0204. The minimum Gasteiger partial charge on any atom is -0.497 e. The van der Waals surface area contributed by atoms with Crippen molar-refractivity contribution in [3.05, 3.63) is 54.4 Å². The van der Waals surface area contributed by atoms with Gasteiger partial charge in [-0.25, -0.2) is 13.4 Å². The van der Waals surface area contributed by atoms with Crippen molar-refractivity contribution in [1.82, 2.24) is 19.8 Å². The lowest BCUT2D eigenvalue weighted by molar-refractivity contribution is 0.183. The fourth-order valence-electron chi connectivity index (χ4n) is 3.30. The maximum absolute atomic E-state index is 13.3. The zero-order chi connectivity index (χ0) is 23.1. The van der Waals surface area contributed by atoms with Crippen LogP contribution in [0.15, 0.2) is 48.3 Å². The molecular formula is C22H30N4O4S2. The molecule has 3 rings (SSSR count). The molecule has 2 aromatic rings. The van der Waals surface area contributed by atoms with Crippen molar-refractivity contribution in [3.8, 4) is 5.75 Å². The molecule has 0 unspecified atom stereocenters. The Morgan fingerprint density at radius 2 is 2.19 bits per heavy atom. The largest absolute Gasteiger partial charge is 0.497 e. The van der Waals surface area contributed by atoms with Crippen LogP contribution >= 0.6 is 12.2 Å². The highest BCUT2D eigenvalue weighted by atomic mass is 32.2. The van der Waals surface area contributed by atoms with E-state index < -0.39 is 9.84 Å². The molecule has 1 aliphatic carbocycles. The lowest BCUT2D eigenvalue weighted by Gasteiger charge is -2.25. The molecule has 0 saturated heterocycles. The second-order valence-electron chi connectivity index (χ2n) is 7.68. The van der Waals surface area contributed by atoms with E-state index in [9.17, 15) is 8.42 Å². The van der Waals surface area contributed by atoms with E-state index in [0.29, 0.717) is 48.7 Å². The van der Waals surface area contributed by atoms with Crippen LogP contribution in [0.5, 0.6) is 5.75 Å². The highest BCUT2D eigenvalue weighted by Crippen LogP contribution is 2.22. The van der Waals surface area contributed by atoms with E-state index in [-0.39, 0.29) is 10.9 Å². The first-order valence-electron chi connectivity index (χ1n) is 10.4. The molecule has 1 N–H and O–H groups in total. The van der Waals surface area contributed by atoms with E-state index in [4.69, 9.17) is 21.7 Å². The molecule has 1 heterocycles. The first kappa shape index (κ1) is 24.2. The zero-order valence-corrected chi connectivity index (χ0v) is 20.1. The summed E-state index contributed by atoms with van der Waals surface area (Å²) in [6, 6.07) is 7.45. The Balaban J connectivity index is 1.87. The summed E-state index contributed by atoms with van der Waals surface area (Å²) in [6.07, 6.45) is 5.60. The summed E-state index contributed by atoms with van der Waals surface area (Å²) >= 11 is 5.56. The summed E-state index contributed by atoms with van der Waals surface area (Å²) in [5, 5.41) is 3.98. The van der Waals surface area contributed by atoms with Gasteiger partial charge < -0.3 is 24.3 Å². The molecule has 8 nitrogen and oxygen atoms in total. The van der Waals surface area contributed by atoms with Crippen LogP contribution in [0.3, 0.4) is 0 Å². The lowest BCUT2D eigenvalue weighted by Crippen LogP contribution is -2.40. The monoisotopic (exact) mass is 478 g/mol. The third-order valence-electron chi connectivity index (χ3n) is 5.08. The van der Waals surface area contributed by atoms with Crippen LogP contribution in [0.2, 0.25) is 0 Å². The van der Waals surface area contributed by atoms with Crippen molar-refractivity contribution < 1.29 is 17.9 Å². The molecule has 1 aromatic heterocycles. The SMILES string of the molecule is C=CCN(Cc1cnc(S(=O)(=O)Cc2cccc(OC)c2)n1CCOC)C(=S)NC1CC1. The van der Waals surface area contributed by atoms with Gasteiger partial charge in [-0.3, -0.25) is 0 Å². The van der Waals surface area contributed by atoms with Gasteiger partial charge in [0, 0.05) is 26.2 Å². The Labute approximate surface area is 195 Å². The van der Waals surface area contributed by atoms with Crippen molar-refractivity contribution in [1.29, 1.82) is 0 Å². The number of thiocarbonyl (C=S) groups is 1. The van der Waals surface area contributed by atoms with Crippen LogP contribution in [0, 0.1) is 0 Å². The Kier molecular flexibility index (Phi) is 8.27. The number of rotatable bonds is 12. The van der Waals surface area contributed by atoms with Gasteiger partial charge in [-0.05, 0) is 42.8 Å². The normalized spacial score (nSPS) is 13.6. The Hall–Kier alpha value is -2.43. The average molecular weight is 479 g/mol. The summed E-state index contributed by atoms with van der Waals surface area (Å²) in [6.45, 7) is 5.50. The Morgan fingerprint density at radius 3 is 2.84 bits per heavy atom. The number of aromatic nitrogens is 2. The van der Waals surface area contributed by atoms with Crippen molar-refractivity contribution in [2.45, 2.75) is 42.9 Å². The molecule has 32 heavy (non-hydrogen) atoms. The summed E-state index contributed by atoms with van der Waals surface area (Å²) in [7, 11) is -0.569. The summed E-state index contributed by atoms with van der Waals surface area (Å²) in [5.41, 5.74) is 1.38. The van der Waals surface area contributed by atoms with E-state index >= 15 is 0 Å². The number of ether oxygens (including phenoxy) is 2. The Bertz CT molecular complexity index is 1050. The second kappa shape index (κ2) is 10.9. The number of benzene rings is 1. The number of nitrogens with one attached hydrogen (secondary N) is 1. The summed E-state index contributed by atoms with van der Waals surface area (Å²) in [5.74, 6) is 0.434. The molecule has 1 aromatic carbocycles. The molecule has 0 aliphatic heterocycles. The maximum Gasteiger partial charge on any atom is 0.228 e. The first-order chi connectivity index (χ1) is 15.4.